The SMILES string of the molecule is O=C(CCn1ccnc1)N1CCC(c2c[nH]c3ccccc23)(c2c[nH]c3ccccc23)CC1. The number of nitrogens with zero attached hydrogens (tertiary/aromatic N) is 3. The molecule has 2 aromatic carbocycles. The number of H-pyrrole nitrogens is 2. The third-order valence-electron chi connectivity index (χ3n) is 7.32. The molecule has 33 heavy (non-hydrogen) atoms. The van der Waals surface area contributed by atoms with E-state index in [0.717, 1.165) is 37.0 Å². The van der Waals surface area contributed by atoms with Crippen LogP contribution in [0.15, 0.2) is 79.6 Å². The van der Waals surface area contributed by atoms with Crippen LogP contribution in [0.25, 0.3) is 21.8 Å². The number of piperidine rings is 1. The number of rotatable bonds is 5. The summed E-state index contributed by atoms with van der Waals surface area (Å²) in [6, 6.07) is 17.0. The van der Waals surface area contributed by atoms with E-state index < -0.39 is 0 Å². The number of carbonyl (C=O) groups excluding carboxylic acids is 1. The molecular formula is C27H27N5O. The van der Waals surface area contributed by atoms with E-state index in [9.17, 15) is 4.79 Å². The number of nitrogens with one attached hydrogen (secondary N) is 2. The average molecular weight is 438 g/mol. The highest BCUT2D eigenvalue weighted by Gasteiger charge is 2.41. The summed E-state index contributed by atoms with van der Waals surface area (Å²) in [4.78, 5) is 26.1. The Kier molecular flexibility index (Phi) is 4.79. The van der Waals surface area contributed by atoms with E-state index in [4.69, 9.17) is 0 Å². The van der Waals surface area contributed by atoms with Gasteiger partial charge in [-0.1, -0.05) is 36.4 Å². The van der Waals surface area contributed by atoms with Crippen LogP contribution < -0.4 is 0 Å². The standard InChI is InChI=1S/C27H27N5O/c33-26(9-13-31-16-12-28-19-31)32-14-10-27(11-15-32,22-17-29-24-7-3-1-5-20(22)24)23-18-30-25-8-4-2-6-21(23)25/h1-8,12,16-19,29-30H,9-11,13-15H2. The highest BCUT2D eigenvalue weighted by Crippen LogP contribution is 2.46. The van der Waals surface area contributed by atoms with Crippen LogP contribution in [-0.2, 0) is 16.8 Å². The Morgan fingerprint density at radius 2 is 1.52 bits per heavy atom. The summed E-state index contributed by atoms with van der Waals surface area (Å²) in [6.45, 7) is 2.18. The molecule has 0 atom stereocenters. The molecule has 166 valence electrons. The molecule has 2 N–H and O–H groups in total. The molecule has 1 aliphatic rings. The second-order valence-electron chi connectivity index (χ2n) is 9.01. The van der Waals surface area contributed by atoms with Gasteiger partial charge in [-0.25, -0.2) is 4.98 Å². The number of aromatic amines is 2. The molecule has 1 amide bonds. The topological polar surface area (TPSA) is 69.7 Å². The molecule has 6 nitrogen and oxygen atoms in total. The lowest BCUT2D eigenvalue weighted by Crippen LogP contribution is -2.45. The number of amides is 1. The van der Waals surface area contributed by atoms with Crippen LogP contribution in [0.5, 0.6) is 0 Å². The molecule has 3 aromatic heterocycles. The molecule has 4 heterocycles. The van der Waals surface area contributed by atoms with Gasteiger partial charge in [0, 0.05) is 78.1 Å². The number of aromatic nitrogens is 4. The molecule has 0 saturated carbocycles. The minimum absolute atomic E-state index is 0.152. The minimum atomic E-state index is -0.152. The summed E-state index contributed by atoms with van der Waals surface area (Å²) in [6.07, 6.45) is 12.1. The van der Waals surface area contributed by atoms with Crippen molar-refractivity contribution < 1.29 is 4.79 Å². The quantitative estimate of drug-likeness (QED) is 0.413. The Labute approximate surface area is 192 Å². The largest absolute Gasteiger partial charge is 0.361 e. The van der Waals surface area contributed by atoms with Gasteiger partial charge in [0.2, 0.25) is 5.91 Å². The van der Waals surface area contributed by atoms with Crippen LogP contribution in [-0.4, -0.2) is 43.4 Å². The Balaban J connectivity index is 1.35. The Morgan fingerprint density at radius 1 is 0.909 bits per heavy atom. The van der Waals surface area contributed by atoms with Crippen molar-refractivity contribution in [1.29, 1.82) is 0 Å². The van der Waals surface area contributed by atoms with Gasteiger partial charge >= 0.3 is 0 Å². The number of aryl methyl sites for hydroxylation is 1. The van der Waals surface area contributed by atoms with Crippen LogP contribution in [0.2, 0.25) is 0 Å². The zero-order valence-corrected chi connectivity index (χ0v) is 18.5. The van der Waals surface area contributed by atoms with Crippen molar-refractivity contribution in [2.24, 2.45) is 0 Å². The number of para-hydroxylation sites is 2. The van der Waals surface area contributed by atoms with Crippen molar-refractivity contribution in [2.75, 3.05) is 13.1 Å². The van der Waals surface area contributed by atoms with Crippen molar-refractivity contribution in [3.63, 3.8) is 0 Å². The van der Waals surface area contributed by atoms with Crippen LogP contribution in [0.1, 0.15) is 30.4 Å². The number of hydrogen-bond acceptors (Lipinski definition) is 2. The van der Waals surface area contributed by atoms with Gasteiger partial charge in [-0.2, -0.15) is 0 Å². The summed E-state index contributed by atoms with van der Waals surface area (Å²) >= 11 is 0. The second-order valence-corrected chi connectivity index (χ2v) is 9.01. The normalized spacial score (nSPS) is 15.9. The molecule has 1 aliphatic heterocycles. The van der Waals surface area contributed by atoms with Gasteiger partial charge in [0.05, 0.1) is 6.33 Å². The zero-order chi connectivity index (χ0) is 22.3. The first-order valence-electron chi connectivity index (χ1n) is 11.6. The van der Waals surface area contributed by atoms with Crippen LogP contribution >= 0.6 is 0 Å². The van der Waals surface area contributed by atoms with E-state index in [0.29, 0.717) is 13.0 Å². The molecule has 0 bridgehead atoms. The van der Waals surface area contributed by atoms with E-state index in [-0.39, 0.29) is 11.3 Å². The molecule has 1 saturated heterocycles. The van der Waals surface area contributed by atoms with Gasteiger partial charge in [0.15, 0.2) is 0 Å². The summed E-state index contributed by atoms with van der Waals surface area (Å²) < 4.78 is 1.96. The van der Waals surface area contributed by atoms with Crippen LogP contribution in [0, 0.1) is 0 Å². The fourth-order valence-electron chi connectivity index (χ4n) is 5.56. The van der Waals surface area contributed by atoms with Crippen molar-refractivity contribution in [1.82, 2.24) is 24.4 Å². The fourth-order valence-corrected chi connectivity index (χ4v) is 5.56. The number of imidazole rings is 1. The molecule has 0 spiro atoms. The van der Waals surface area contributed by atoms with Gasteiger partial charge in [0.1, 0.15) is 0 Å². The lowest BCUT2D eigenvalue weighted by atomic mass is 9.68. The Hall–Kier alpha value is -3.80. The van der Waals surface area contributed by atoms with Crippen LogP contribution in [0.4, 0.5) is 0 Å². The average Bonchev–Trinajstić information content (AvgIpc) is 3.62. The predicted molar refractivity (Wildman–Crippen MR) is 130 cm³/mol. The van der Waals surface area contributed by atoms with Gasteiger partial charge in [-0.3, -0.25) is 4.79 Å². The third kappa shape index (κ3) is 3.33. The first-order valence-corrected chi connectivity index (χ1v) is 11.6. The fraction of sp³-hybridized carbons (Fsp3) is 0.259. The number of carbonyl (C=O) groups is 1. The smallest absolute Gasteiger partial charge is 0.224 e. The van der Waals surface area contributed by atoms with Gasteiger partial charge in [0.25, 0.3) is 0 Å². The maximum atomic E-state index is 13.0. The molecule has 6 heteroatoms. The molecular weight excluding hydrogens is 410 g/mol. The molecule has 1 fully saturated rings. The van der Waals surface area contributed by atoms with Crippen molar-refractivity contribution in [3.05, 3.63) is 90.8 Å². The van der Waals surface area contributed by atoms with Gasteiger partial charge in [-0.05, 0) is 36.1 Å². The summed E-state index contributed by atoms with van der Waals surface area (Å²) in [5.74, 6) is 0.218. The Morgan fingerprint density at radius 3 is 2.09 bits per heavy atom. The highest BCUT2D eigenvalue weighted by molar-refractivity contribution is 5.89. The summed E-state index contributed by atoms with van der Waals surface area (Å²) in [5.41, 5.74) is 4.82. The maximum Gasteiger partial charge on any atom is 0.224 e. The van der Waals surface area contributed by atoms with E-state index in [1.807, 2.05) is 15.7 Å². The maximum absolute atomic E-state index is 13.0. The summed E-state index contributed by atoms with van der Waals surface area (Å²) in [7, 11) is 0. The number of likely N-dealkylation sites (tertiary alicyclic amines) is 1. The molecule has 0 aliphatic carbocycles. The van der Waals surface area contributed by atoms with Crippen molar-refractivity contribution in [3.8, 4) is 0 Å². The van der Waals surface area contributed by atoms with Crippen molar-refractivity contribution >= 4 is 27.7 Å². The van der Waals surface area contributed by atoms with E-state index in [2.05, 4.69) is 75.9 Å². The number of hydrogen-bond donors (Lipinski definition) is 2. The lowest BCUT2D eigenvalue weighted by Gasteiger charge is -2.42. The van der Waals surface area contributed by atoms with Crippen molar-refractivity contribution in [2.45, 2.75) is 31.2 Å². The monoisotopic (exact) mass is 437 g/mol. The van der Waals surface area contributed by atoms with E-state index >= 15 is 0 Å². The molecule has 6 rings (SSSR count). The van der Waals surface area contributed by atoms with E-state index in [1.165, 1.54) is 21.9 Å². The molecule has 0 unspecified atom stereocenters. The Bertz CT molecular complexity index is 1330. The summed E-state index contributed by atoms with van der Waals surface area (Å²) in [5, 5.41) is 2.53. The number of fused-ring (bicyclic) bond motifs is 2. The minimum Gasteiger partial charge on any atom is -0.361 e. The lowest BCUT2D eigenvalue weighted by molar-refractivity contribution is -0.132. The van der Waals surface area contributed by atoms with Crippen LogP contribution in [0.3, 0.4) is 0 Å². The van der Waals surface area contributed by atoms with Gasteiger partial charge in [-0.15, -0.1) is 0 Å². The first kappa shape index (κ1) is 19.9. The predicted octanol–water partition coefficient (Wildman–Crippen LogP) is 4.84. The van der Waals surface area contributed by atoms with Gasteiger partial charge < -0.3 is 19.4 Å². The van der Waals surface area contributed by atoms with E-state index in [1.54, 1.807) is 12.5 Å². The molecule has 0 radical (unpaired) electrons. The zero-order valence-electron chi connectivity index (χ0n) is 18.5. The highest BCUT2D eigenvalue weighted by atomic mass is 16.2. The number of benzene rings is 2. The first-order chi connectivity index (χ1) is 16.2. The second kappa shape index (κ2) is 7.96. The third-order valence-corrected chi connectivity index (χ3v) is 7.32. The molecule has 5 aromatic rings.